The van der Waals surface area contributed by atoms with Crippen LogP contribution in [0.1, 0.15) is 18.0 Å². The van der Waals surface area contributed by atoms with E-state index in [2.05, 4.69) is 10.3 Å². The fraction of sp³-hybridized carbons (Fsp3) is 0.263. The van der Waals surface area contributed by atoms with Crippen molar-refractivity contribution in [1.29, 1.82) is 0 Å². The minimum absolute atomic E-state index is 0.0227. The summed E-state index contributed by atoms with van der Waals surface area (Å²) in [7, 11) is 0. The van der Waals surface area contributed by atoms with Gasteiger partial charge in [-0.2, -0.15) is 0 Å². The van der Waals surface area contributed by atoms with Crippen molar-refractivity contribution < 1.29 is 19.4 Å². The normalized spacial score (nSPS) is 19.1. The molecule has 0 saturated carbocycles. The molecule has 1 heterocycles. The Morgan fingerprint density at radius 1 is 1.21 bits per heavy atom. The average Bonchev–Trinajstić information content (AvgIpc) is 3.14. The van der Waals surface area contributed by atoms with Gasteiger partial charge >= 0.3 is 17.8 Å². The summed E-state index contributed by atoms with van der Waals surface area (Å²) in [5.74, 6) is -1.74. The second kappa shape index (κ2) is 8.38. The fourth-order valence-corrected chi connectivity index (χ4v) is 3.09. The van der Waals surface area contributed by atoms with Crippen LogP contribution in [0.5, 0.6) is 0 Å². The van der Waals surface area contributed by atoms with Crippen molar-refractivity contribution in [3.8, 4) is 0 Å². The molecule has 2 aromatic rings. The zero-order valence-corrected chi connectivity index (χ0v) is 14.8. The molecule has 1 amide bonds. The van der Waals surface area contributed by atoms with Crippen molar-refractivity contribution in [3.05, 3.63) is 81.1 Å². The van der Waals surface area contributed by atoms with Gasteiger partial charge in [-0.25, -0.2) is 14.4 Å². The number of hydrogen-bond acceptors (Lipinski definition) is 5. The van der Waals surface area contributed by atoms with Crippen molar-refractivity contribution in [1.82, 2.24) is 14.9 Å². The molecule has 28 heavy (non-hydrogen) atoms. The van der Waals surface area contributed by atoms with E-state index >= 15 is 0 Å². The molecule has 3 atom stereocenters. The zero-order valence-electron chi connectivity index (χ0n) is 14.8. The Bertz CT molecular complexity index is 994. The molecule has 0 aliphatic heterocycles. The SMILES string of the molecule is O=C(N[C@H](C(=O)O)[C@@H]1C=C[C@H](n2ccc(=O)[nH]c2=O)C1)OCc1ccccc1. The van der Waals surface area contributed by atoms with Gasteiger partial charge in [0, 0.05) is 18.2 Å². The molecule has 9 nitrogen and oxygen atoms in total. The molecule has 146 valence electrons. The van der Waals surface area contributed by atoms with Gasteiger partial charge in [-0.1, -0.05) is 42.5 Å². The molecule has 0 saturated heterocycles. The van der Waals surface area contributed by atoms with Crippen molar-refractivity contribution >= 4 is 12.1 Å². The summed E-state index contributed by atoms with van der Waals surface area (Å²) in [6.45, 7) is 0.0227. The number of carbonyl (C=O) groups is 2. The van der Waals surface area contributed by atoms with E-state index in [1.54, 1.807) is 36.4 Å². The van der Waals surface area contributed by atoms with Crippen LogP contribution in [-0.2, 0) is 16.1 Å². The van der Waals surface area contributed by atoms with Gasteiger partial charge in [0.15, 0.2) is 0 Å². The first-order chi connectivity index (χ1) is 13.4. The number of aromatic nitrogens is 2. The number of nitrogens with one attached hydrogen (secondary N) is 2. The van der Waals surface area contributed by atoms with Crippen molar-refractivity contribution in [3.63, 3.8) is 0 Å². The van der Waals surface area contributed by atoms with Gasteiger partial charge < -0.3 is 15.2 Å². The molecular formula is C19H19N3O6. The first-order valence-corrected chi connectivity index (χ1v) is 8.64. The highest BCUT2D eigenvalue weighted by Gasteiger charge is 2.33. The first-order valence-electron chi connectivity index (χ1n) is 8.64. The number of carboxylic acids is 1. The van der Waals surface area contributed by atoms with Gasteiger partial charge in [-0.05, 0) is 12.0 Å². The minimum atomic E-state index is -1.21. The number of amides is 1. The molecule has 1 aromatic carbocycles. The van der Waals surface area contributed by atoms with Crippen molar-refractivity contribution in [2.75, 3.05) is 0 Å². The van der Waals surface area contributed by atoms with Crippen LogP contribution in [0.4, 0.5) is 4.79 Å². The van der Waals surface area contributed by atoms with E-state index in [1.165, 1.54) is 16.8 Å². The third kappa shape index (κ3) is 4.56. The van der Waals surface area contributed by atoms with E-state index in [1.807, 2.05) is 6.07 Å². The molecule has 1 aromatic heterocycles. The lowest BCUT2D eigenvalue weighted by Gasteiger charge is -2.21. The molecule has 0 unspecified atom stereocenters. The molecule has 9 heteroatoms. The third-order valence-electron chi connectivity index (χ3n) is 4.48. The highest BCUT2D eigenvalue weighted by Crippen LogP contribution is 2.29. The van der Waals surface area contributed by atoms with Gasteiger partial charge in [-0.3, -0.25) is 14.3 Å². The van der Waals surface area contributed by atoms with Crippen LogP contribution in [0, 0.1) is 5.92 Å². The van der Waals surface area contributed by atoms with Gasteiger partial charge in [-0.15, -0.1) is 0 Å². The standard InChI is InChI=1S/C19H19N3O6/c23-15-8-9-22(18(26)20-15)14-7-6-13(10-14)16(17(24)25)21-19(27)28-11-12-4-2-1-3-5-12/h1-9,13-14,16H,10-11H2,(H,21,27)(H,24,25)(H,20,23,26)/t13-,14+,16+/m1/s1. The Hall–Kier alpha value is -3.62. The van der Waals surface area contributed by atoms with E-state index in [9.17, 15) is 24.3 Å². The molecule has 1 aliphatic carbocycles. The maximum absolute atomic E-state index is 12.0. The number of benzene rings is 1. The molecular weight excluding hydrogens is 366 g/mol. The third-order valence-corrected chi connectivity index (χ3v) is 4.48. The number of alkyl carbamates (subject to hydrolysis) is 1. The van der Waals surface area contributed by atoms with Crippen LogP contribution in [0.3, 0.4) is 0 Å². The summed E-state index contributed by atoms with van der Waals surface area (Å²) >= 11 is 0. The monoisotopic (exact) mass is 385 g/mol. The van der Waals surface area contributed by atoms with Crippen LogP contribution in [-0.4, -0.2) is 32.8 Å². The predicted molar refractivity (Wildman–Crippen MR) is 98.8 cm³/mol. The highest BCUT2D eigenvalue weighted by molar-refractivity contribution is 5.80. The Kier molecular flexibility index (Phi) is 5.73. The smallest absolute Gasteiger partial charge is 0.408 e. The quantitative estimate of drug-likeness (QED) is 0.637. The van der Waals surface area contributed by atoms with E-state index in [0.717, 1.165) is 5.56 Å². The highest BCUT2D eigenvalue weighted by atomic mass is 16.5. The molecule has 0 radical (unpaired) electrons. The van der Waals surface area contributed by atoms with E-state index in [4.69, 9.17) is 4.74 Å². The van der Waals surface area contributed by atoms with Crippen LogP contribution in [0.25, 0.3) is 0 Å². The number of hydrogen-bond donors (Lipinski definition) is 3. The van der Waals surface area contributed by atoms with Crippen LogP contribution in [0.15, 0.2) is 64.3 Å². The van der Waals surface area contributed by atoms with Crippen molar-refractivity contribution in [2.45, 2.75) is 25.1 Å². The van der Waals surface area contributed by atoms with Gasteiger partial charge in [0.05, 0.1) is 6.04 Å². The van der Waals surface area contributed by atoms with E-state index in [0.29, 0.717) is 0 Å². The topological polar surface area (TPSA) is 130 Å². The molecule has 0 spiro atoms. The number of ether oxygens (including phenoxy) is 1. The predicted octanol–water partition coefficient (Wildman–Crippen LogP) is 1.03. The average molecular weight is 385 g/mol. The van der Waals surface area contributed by atoms with E-state index < -0.39 is 41.3 Å². The van der Waals surface area contributed by atoms with Crippen molar-refractivity contribution in [2.24, 2.45) is 5.92 Å². The van der Waals surface area contributed by atoms with Crippen LogP contribution in [0.2, 0.25) is 0 Å². The van der Waals surface area contributed by atoms with E-state index in [-0.39, 0.29) is 13.0 Å². The largest absolute Gasteiger partial charge is 0.480 e. The van der Waals surface area contributed by atoms with Crippen LogP contribution >= 0.6 is 0 Å². The maximum Gasteiger partial charge on any atom is 0.408 e. The van der Waals surface area contributed by atoms with Gasteiger partial charge in [0.2, 0.25) is 0 Å². The Morgan fingerprint density at radius 3 is 2.64 bits per heavy atom. The van der Waals surface area contributed by atoms with Crippen LogP contribution < -0.4 is 16.6 Å². The summed E-state index contributed by atoms with van der Waals surface area (Å²) < 4.78 is 6.39. The lowest BCUT2D eigenvalue weighted by atomic mass is 9.98. The summed E-state index contributed by atoms with van der Waals surface area (Å²) in [5.41, 5.74) is -0.307. The van der Waals surface area contributed by atoms with Gasteiger partial charge in [0.1, 0.15) is 12.6 Å². The summed E-state index contributed by atoms with van der Waals surface area (Å²) in [6.07, 6.45) is 4.11. The lowest BCUT2D eigenvalue weighted by molar-refractivity contribution is -0.140. The number of rotatable bonds is 6. The Balaban J connectivity index is 1.62. The summed E-state index contributed by atoms with van der Waals surface area (Å²) in [5, 5.41) is 11.9. The Labute approximate surface area is 159 Å². The lowest BCUT2D eigenvalue weighted by Crippen LogP contribution is -2.45. The molecule has 0 bridgehead atoms. The number of carbonyl (C=O) groups excluding carboxylic acids is 1. The van der Waals surface area contributed by atoms with Gasteiger partial charge in [0.25, 0.3) is 5.56 Å². The minimum Gasteiger partial charge on any atom is -0.480 e. The number of aliphatic carboxylic acids is 1. The number of allylic oxidation sites excluding steroid dienone is 1. The number of nitrogens with zero attached hydrogens (tertiary/aromatic N) is 1. The summed E-state index contributed by atoms with van der Waals surface area (Å²) in [4.78, 5) is 48.9. The number of aromatic amines is 1. The second-order valence-electron chi connectivity index (χ2n) is 6.39. The molecule has 3 N–H and O–H groups in total. The number of H-pyrrole nitrogens is 1. The molecule has 3 rings (SSSR count). The first kappa shape index (κ1) is 19.2. The fourth-order valence-electron chi connectivity index (χ4n) is 3.09. The number of carboxylic acid groups (broad SMARTS) is 1. The Morgan fingerprint density at radius 2 is 1.96 bits per heavy atom. The second-order valence-corrected chi connectivity index (χ2v) is 6.39. The summed E-state index contributed by atoms with van der Waals surface area (Å²) in [6, 6.07) is 8.61. The maximum atomic E-state index is 12.0. The molecule has 1 aliphatic rings. The zero-order chi connectivity index (χ0) is 20.1. The molecule has 0 fully saturated rings.